The number of rotatable bonds is 5. The van der Waals surface area contributed by atoms with E-state index in [9.17, 15) is 9.59 Å². The Morgan fingerprint density at radius 3 is 2.44 bits per heavy atom. The highest BCUT2D eigenvalue weighted by atomic mass is 35.5. The number of carbonyl (C=O) groups is 2. The van der Waals surface area contributed by atoms with Crippen LogP contribution in [0.25, 0.3) is 0 Å². The molecule has 7 nitrogen and oxygen atoms in total. The molecule has 3 aromatic rings. The lowest BCUT2D eigenvalue weighted by molar-refractivity contribution is 0.0994. The molecule has 0 unspecified atom stereocenters. The average molecular weight is 356 g/mol. The number of hydrogen-bond acceptors (Lipinski definition) is 5. The summed E-state index contributed by atoms with van der Waals surface area (Å²) in [5.41, 5.74) is 12.8. The monoisotopic (exact) mass is 355 g/mol. The number of hydrogen-bond donors (Lipinski definition) is 2. The highest BCUT2D eigenvalue weighted by Gasteiger charge is 2.15. The molecule has 1 aromatic heterocycles. The highest BCUT2D eigenvalue weighted by Crippen LogP contribution is 2.16. The minimum atomic E-state index is -0.740. The molecule has 1 heterocycles. The van der Waals surface area contributed by atoms with Crippen molar-refractivity contribution >= 4 is 29.1 Å². The number of benzene rings is 2. The van der Waals surface area contributed by atoms with E-state index in [1.807, 2.05) is 6.07 Å². The van der Waals surface area contributed by atoms with Crippen molar-refractivity contribution < 1.29 is 9.59 Å². The second-order valence-corrected chi connectivity index (χ2v) is 5.82. The Bertz CT molecular complexity index is 950. The first kappa shape index (κ1) is 16.7. The summed E-state index contributed by atoms with van der Waals surface area (Å²) in [5.74, 6) is -0.778. The van der Waals surface area contributed by atoms with Gasteiger partial charge in [-0.3, -0.25) is 9.59 Å². The molecule has 0 aliphatic rings. The van der Waals surface area contributed by atoms with Crippen LogP contribution in [0.4, 0.5) is 5.82 Å². The Kier molecular flexibility index (Phi) is 4.49. The molecule has 3 rings (SSSR count). The third-order valence-corrected chi connectivity index (χ3v) is 3.89. The van der Waals surface area contributed by atoms with Crippen molar-refractivity contribution in [1.29, 1.82) is 0 Å². The van der Waals surface area contributed by atoms with Gasteiger partial charge in [-0.05, 0) is 35.9 Å². The van der Waals surface area contributed by atoms with Gasteiger partial charge < -0.3 is 11.5 Å². The number of nitrogens with zero attached hydrogens (tertiary/aromatic N) is 3. The van der Waals surface area contributed by atoms with Crippen LogP contribution in [0, 0.1) is 0 Å². The number of nitrogen functional groups attached to an aromatic ring is 1. The van der Waals surface area contributed by atoms with Crippen LogP contribution in [0.3, 0.4) is 0 Å². The van der Waals surface area contributed by atoms with E-state index in [2.05, 4.69) is 10.3 Å². The van der Waals surface area contributed by atoms with Gasteiger partial charge >= 0.3 is 0 Å². The summed E-state index contributed by atoms with van der Waals surface area (Å²) in [6, 6.07) is 13.7. The topological polar surface area (TPSA) is 117 Å². The van der Waals surface area contributed by atoms with Crippen LogP contribution in [0.5, 0.6) is 0 Å². The fraction of sp³-hybridized carbons (Fsp3) is 0.0588. The minimum Gasteiger partial charge on any atom is -0.382 e. The lowest BCUT2D eigenvalue weighted by Gasteiger charge is -2.06. The lowest BCUT2D eigenvalue weighted by atomic mass is 10.0. The fourth-order valence-corrected chi connectivity index (χ4v) is 2.49. The molecular formula is C17H14ClN5O2. The van der Waals surface area contributed by atoms with Crippen molar-refractivity contribution in [2.45, 2.75) is 6.54 Å². The zero-order chi connectivity index (χ0) is 18.0. The Balaban J connectivity index is 1.85. The first-order valence-electron chi connectivity index (χ1n) is 7.33. The number of amides is 1. The second-order valence-electron chi connectivity index (χ2n) is 5.38. The van der Waals surface area contributed by atoms with Gasteiger partial charge in [0.25, 0.3) is 5.91 Å². The Morgan fingerprint density at radius 2 is 1.80 bits per heavy atom. The van der Waals surface area contributed by atoms with Crippen molar-refractivity contribution in [1.82, 2.24) is 15.0 Å². The normalized spacial score (nSPS) is 10.6. The number of primary amides is 1. The van der Waals surface area contributed by atoms with Crippen LogP contribution in [-0.2, 0) is 6.54 Å². The molecule has 2 aromatic carbocycles. The minimum absolute atomic E-state index is 0.0756. The van der Waals surface area contributed by atoms with Gasteiger partial charge in [0.2, 0.25) is 0 Å². The predicted octanol–water partition coefficient (Wildman–Crippen LogP) is 1.89. The molecule has 0 aliphatic carbocycles. The van der Waals surface area contributed by atoms with Gasteiger partial charge in [0.05, 0.1) is 6.54 Å². The van der Waals surface area contributed by atoms with Crippen LogP contribution in [-0.4, -0.2) is 26.7 Å². The fourth-order valence-electron chi connectivity index (χ4n) is 2.36. The zero-order valence-corrected chi connectivity index (χ0v) is 13.8. The van der Waals surface area contributed by atoms with Crippen LogP contribution in [0.15, 0.2) is 48.5 Å². The van der Waals surface area contributed by atoms with Gasteiger partial charge in [0.1, 0.15) is 0 Å². The summed E-state index contributed by atoms with van der Waals surface area (Å²) in [7, 11) is 0. The van der Waals surface area contributed by atoms with Crippen molar-refractivity contribution in [3.05, 3.63) is 75.9 Å². The summed E-state index contributed by atoms with van der Waals surface area (Å²) in [6.07, 6.45) is 0. The van der Waals surface area contributed by atoms with Gasteiger partial charge in [0.15, 0.2) is 17.3 Å². The Labute approximate surface area is 148 Å². The third-order valence-electron chi connectivity index (χ3n) is 3.63. The molecule has 0 bridgehead atoms. The Morgan fingerprint density at radius 1 is 1.08 bits per heavy atom. The molecule has 8 heteroatoms. The molecule has 0 aliphatic heterocycles. The van der Waals surface area contributed by atoms with Crippen molar-refractivity contribution in [2.75, 3.05) is 5.73 Å². The van der Waals surface area contributed by atoms with E-state index in [1.165, 1.54) is 4.68 Å². The number of nitrogens with two attached hydrogens (primary N) is 2. The molecule has 0 fully saturated rings. The number of halogens is 1. The smallest absolute Gasteiger partial charge is 0.273 e. The van der Waals surface area contributed by atoms with Gasteiger partial charge in [-0.2, -0.15) is 0 Å². The average Bonchev–Trinajstić information content (AvgIpc) is 2.96. The molecule has 4 N–H and O–H groups in total. The van der Waals surface area contributed by atoms with Crippen molar-refractivity contribution in [3.63, 3.8) is 0 Å². The number of anilines is 1. The summed E-state index contributed by atoms with van der Waals surface area (Å²) < 4.78 is 1.35. The standard InChI is InChI=1S/C17H14ClN5O2/c18-13-6-4-11(5-7-13)15(24)12-3-1-2-10(8-12)9-23-16(19)14(17(20)25)21-22-23/h1-8H,9,19H2,(H2,20,25). The molecule has 126 valence electrons. The summed E-state index contributed by atoms with van der Waals surface area (Å²) >= 11 is 5.85. The van der Waals surface area contributed by atoms with Crippen LogP contribution >= 0.6 is 11.6 Å². The van der Waals surface area contributed by atoms with E-state index >= 15 is 0 Å². The van der Waals surface area contributed by atoms with E-state index in [1.54, 1.807) is 42.5 Å². The maximum atomic E-state index is 12.6. The Hall–Kier alpha value is -3.19. The van der Waals surface area contributed by atoms with E-state index in [4.69, 9.17) is 23.1 Å². The first-order valence-corrected chi connectivity index (χ1v) is 7.71. The van der Waals surface area contributed by atoms with E-state index in [0.29, 0.717) is 16.1 Å². The van der Waals surface area contributed by atoms with Gasteiger partial charge in [-0.1, -0.05) is 35.0 Å². The zero-order valence-electron chi connectivity index (χ0n) is 13.0. The SMILES string of the molecule is NC(=O)c1nnn(Cc2cccc(C(=O)c3ccc(Cl)cc3)c2)c1N. The summed E-state index contributed by atoms with van der Waals surface area (Å²) in [4.78, 5) is 23.7. The van der Waals surface area contributed by atoms with Crippen molar-refractivity contribution in [3.8, 4) is 0 Å². The van der Waals surface area contributed by atoms with Gasteiger partial charge in [0, 0.05) is 16.1 Å². The van der Waals surface area contributed by atoms with Crippen LogP contribution in [0.2, 0.25) is 5.02 Å². The summed E-state index contributed by atoms with van der Waals surface area (Å²) in [6.45, 7) is 0.258. The quantitative estimate of drug-likeness (QED) is 0.678. The molecule has 0 saturated carbocycles. The molecule has 0 spiro atoms. The summed E-state index contributed by atoms with van der Waals surface area (Å²) in [5, 5.41) is 8.04. The van der Waals surface area contributed by atoms with E-state index in [0.717, 1.165) is 5.56 Å². The largest absolute Gasteiger partial charge is 0.382 e. The number of aromatic nitrogens is 3. The van der Waals surface area contributed by atoms with Crippen LogP contribution < -0.4 is 11.5 Å². The van der Waals surface area contributed by atoms with Gasteiger partial charge in [-0.15, -0.1) is 5.10 Å². The van der Waals surface area contributed by atoms with Crippen LogP contribution in [0.1, 0.15) is 32.0 Å². The molecule has 1 amide bonds. The molecule has 0 atom stereocenters. The number of carbonyl (C=O) groups excluding carboxylic acids is 2. The predicted molar refractivity (Wildman–Crippen MR) is 93.4 cm³/mol. The molecule has 0 radical (unpaired) electrons. The second kappa shape index (κ2) is 6.74. The first-order chi connectivity index (χ1) is 12.0. The van der Waals surface area contributed by atoms with Crippen molar-refractivity contribution in [2.24, 2.45) is 5.73 Å². The van der Waals surface area contributed by atoms with Gasteiger partial charge in [-0.25, -0.2) is 4.68 Å². The maximum absolute atomic E-state index is 12.6. The maximum Gasteiger partial charge on any atom is 0.273 e. The molecular weight excluding hydrogens is 342 g/mol. The van der Waals surface area contributed by atoms with E-state index in [-0.39, 0.29) is 23.8 Å². The number of ketones is 1. The molecule has 25 heavy (non-hydrogen) atoms. The highest BCUT2D eigenvalue weighted by molar-refractivity contribution is 6.30. The molecule has 0 saturated heterocycles. The lowest BCUT2D eigenvalue weighted by Crippen LogP contribution is -2.15. The third kappa shape index (κ3) is 3.51. The van der Waals surface area contributed by atoms with E-state index < -0.39 is 5.91 Å².